The molecule has 0 aliphatic rings. The lowest BCUT2D eigenvalue weighted by Crippen LogP contribution is -2.24. The van der Waals surface area contributed by atoms with Gasteiger partial charge in [-0.15, -0.1) is 0 Å². The molecule has 0 aliphatic carbocycles. The molecule has 0 fully saturated rings. The lowest BCUT2D eigenvalue weighted by Gasteiger charge is -1.99. The summed E-state index contributed by atoms with van der Waals surface area (Å²) < 4.78 is 5.67. The molecule has 0 saturated carbocycles. The summed E-state index contributed by atoms with van der Waals surface area (Å²) in [6.45, 7) is 0.657. The molecule has 1 aromatic rings. The average Bonchev–Trinajstić information content (AvgIpc) is 2.01. The van der Waals surface area contributed by atoms with E-state index in [1.165, 1.54) is 6.20 Å². The number of ether oxygens (including phenoxy) is 1. The van der Waals surface area contributed by atoms with Crippen LogP contribution in [0.1, 0.15) is 5.56 Å². The van der Waals surface area contributed by atoms with Crippen LogP contribution in [0.15, 0.2) is 24.5 Å². The van der Waals surface area contributed by atoms with Gasteiger partial charge in [-0.25, -0.2) is 0 Å². The first-order chi connectivity index (χ1) is 5.33. The second kappa shape index (κ2) is 3.93. The third-order valence-corrected chi connectivity index (χ3v) is 1.43. The zero-order valence-corrected chi connectivity index (χ0v) is 6.49. The van der Waals surface area contributed by atoms with E-state index in [1.807, 2.05) is 6.07 Å². The Balaban J connectivity index is 2.56. The van der Waals surface area contributed by atoms with Gasteiger partial charge >= 0.3 is 0 Å². The molecule has 1 aromatic heterocycles. The molecule has 0 saturated heterocycles. The highest BCUT2D eigenvalue weighted by molar-refractivity contribution is 5.05. The normalized spacial score (nSPS) is 9.91. The second-order valence-corrected chi connectivity index (χ2v) is 2.31. The number of hydrogen-bond donors (Lipinski definition) is 0. The van der Waals surface area contributed by atoms with Crippen molar-refractivity contribution in [3.8, 4) is 0 Å². The molecule has 1 rings (SSSR count). The molecule has 11 heavy (non-hydrogen) atoms. The molecular weight excluding hydrogens is 142 g/mol. The summed E-state index contributed by atoms with van der Waals surface area (Å²) in [5.41, 5.74) is 1.00. The lowest BCUT2D eigenvalue weighted by molar-refractivity contribution is -0.605. The number of aromatic nitrogens is 1. The summed E-state index contributed by atoms with van der Waals surface area (Å²) in [5, 5.41) is 10.7. The van der Waals surface area contributed by atoms with Crippen LogP contribution in [0.3, 0.4) is 0 Å². The van der Waals surface area contributed by atoms with E-state index in [1.54, 1.807) is 19.4 Å². The fraction of sp³-hybridized carbons (Fsp3) is 0.375. The molecule has 60 valence electrons. The SMILES string of the molecule is COCCc1ccc[n+]([O-])c1. The van der Waals surface area contributed by atoms with Crippen molar-refractivity contribution in [1.82, 2.24) is 0 Å². The van der Waals surface area contributed by atoms with Crippen LogP contribution in [0, 0.1) is 5.21 Å². The summed E-state index contributed by atoms with van der Waals surface area (Å²) in [6, 6.07) is 3.64. The molecule has 0 aromatic carbocycles. The van der Waals surface area contributed by atoms with Crippen molar-refractivity contribution in [1.29, 1.82) is 0 Å². The van der Waals surface area contributed by atoms with Gasteiger partial charge in [0.1, 0.15) is 0 Å². The van der Waals surface area contributed by atoms with Crippen LogP contribution >= 0.6 is 0 Å². The van der Waals surface area contributed by atoms with Gasteiger partial charge in [0.05, 0.1) is 6.61 Å². The van der Waals surface area contributed by atoms with Gasteiger partial charge in [-0.3, -0.25) is 0 Å². The Hall–Kier alpha value is -1.09. The van der Waals surface area contributed by atoms with Gasteiger partial charge in [-0.1, -0.05) is 0 Å². The van der Waals surface area contributed by atoms with Crippen LogP contribution < -0.4 is 4.73 Å². The number of nitrogens with zero attached hydrogens (tertiary/aromatic N) is 1. The van der Waals surface area contributed by atoms with Crippen molar-refractivity contribution in [2.24, 2.45) is 0 Å². The summed E-state index contributed by atoms with van der Waals surface area (Å²) in [6.07, 6.45) is 3.81. The highest BCUT2D eigenvalue weighted by Crippen LogP contribution is 1.94. The van der Waals surface area contributed by atoms with Crippen molar-refractivity contribution in [2.75, 3.05) is 13.7 Å². The van der Waals surface area contributed by atoms with E-state index < -0.39 is 0 Å². The topological polar surface area (TPSA) is 36.2 Å². The van der Waals surface area contributed by atoms with E-state index in [9.17, 15) is 5.21 Å². The van der Waals surface area contributed by atoms with Gasteiger partial charge in [0, 0.05) is 25.2 Å². The van der Waals surface area contributed by atoms with Crippen LogP contribution in [-0.4, -0.2) is 13.7 Å². The van der Waals surface area contributed by atoms with Crippen molar-refractivity contribution in [2.45, 2.75) is 6.42 Å². The largest absolute Gasteiger partial charge is 0.619 e. The van der Waals surface area contributed by atoms with E-state index in [-0.39, 0.29) is 0 Å². The maximum Gasteiger partial charge on any atom is 0.183 e. The molecule has 0 aliphatic heterocycles. The number of hydrogen-bond acceptors (Lipinski definition) is 2. The fourth-order valence-electron chi connectivity index (χ4n) is 0.869. The molecule has 0 radical (unpaired) electrons. The number of methoxy groups -OCH3 is 1. The maximum absolute atomic E-state index is 10.7. The predicted octanol–water partition coefficient (Wildman–Crippen LogP) is 0.509. The van der Waals surface area contributed by atoms with Crippen molar-refractivity contribution >= 4 is 0 Å². The Morgan fingerprint density at radius 2 is 2.45 bits per heavy atom. The van der Waals surface area contributed by atoms with Gasteiger partial charge in [-0.2, -0.15) is 4.73 Å². The van der Waals surface area contributed by atoms with E-state index in [0.29, 0.717) is 6.61 Å². The van der Waals surface area contributed by atoms with Gasteiger partial charge in [0.2, 0.25) is 0 Å². The maximum atomic E-state index is 10.7. The summed E-state index contributed by atoms with van der Waals surface area (Å²) in [4.78, 5) is 0. The molecule has 0 N–H and O–H groups in total. The molecule has 1 heterocycles. The van der Waals surface area contributed by atoms with Gasteiger partial charge in [0.15, 0.2) is 12.4 Å². The van der Waals surface area contributed by atoms with Crippen LogP contribution in [-0.2, 0) is 11.2 Å². The average molecular weight is 153 g/mol. The summed E-state index contributed by atoms with van der Waals surface area (Å²) in [5.74, 6) is 0. The van der Waals surface area contributed by atoms with Gasteiger partial charge in [-0.05, 0) is 6.07 Å². The first kappa shape index (κ1) is 8.01. The molecule has 3 heteroatoms. The molecular formula is C8H11NO2. The Morgan fingerprint density at radius 3 is 3.09 bits per heavy atom. The highest BCUT2D eigenvalue weighted by atomic mass is 16.5. The second-order valence-electron chi connectivity index (χ2n) is 2.31. The lowest BCUT2D eigenvalue weighted by atomic mass is 10.2. The van der Waals surface area contributed by atoms with E-state index in [2.05, 4.69) is 0 Å². The molecule has 0 atom stereocenters. The zero-order valence-electron chi connectivity index (χ0n) is 6.49. The Bertz CT molecular complexity index is 225. The Labute approximate surface area is 65.8 Å². The quantitative estimate of drug-likeness (QED) is 0.468. The number of pyridine rings is 1. The van der Waals surface area contributed by atoms with Crippen LogP contribution in [0.5, 0.6) is 0 Å². The third kappa shape index (κ3) is 2.55. The summed E-state index contributed by atoms with van der Waals surface area (Å²) >= 11 is 0. The molecule has 0 bridgehead atoms. The highest BCUT2D eigenvalue weighted by Gasteiger charge is 1.95. The van der Waals surface area contributed by atoms with Gasteiger partial charge < -0.3 is 9.94 Å². The first-order valence-corrected chi connectivity index (χ1v) is 3.49. The minimum absolute atomic E-state index is 0.657. The smallest absolute Gasteiger partial charge is 0.183 e. The van der Waals surface area contributed by atoms with Gasteiger partial charge in [0.25, 0.3) is 0 Å². The molecule has 0 amide bonds. The van der Waals surface area contributed by atoms with Crippen LogP contribution in [0.4, 0.5) is 0 Å². The van der Waals surface area contributed by atoms with Crippen LogP contribution in [0.2, 0.25) is 0 Å². The van der Waals surface area contributed by atoms with E-state index in [4.69, 9.17) is 4.74 Å². The van der Waals surface area contributed by atoms with Crippen molar-refractivity contribution in [3.63, 3.8) is 0 Å². The molecule has 0 unspecified atom stereocenters. The molecule has 3 nitrogen and oxygen atoms in total. The fourth-order valence-corrected chi connectivity index (χ4v) is 0.869. The van der Waals surface area contributed by atoms with Crippen LogP contribution in [0.25, 0.3) is 0 Å². The first-order valence-electron chi connectivity index (χ1n) is 3.49. The minimum atomic E-state index is 0.657. The standard InChI is InChI=1S/C8H11NO2/c1-11-6-4-8-3-2-5-9(10)7-8/h2-3,5,7H,4,6H2,1H3. The third-order valence-electron chi connectivity index (χ3n) is 1.43. The van der Waals surface area contributed by atoms with E-state index in [0.717, 1.165) is 16.7 Å². The number of rotatable bonds is 3. The Morgan fingerprint density at radius 1 is 1.64 bits per heavy atom. The monoisotopic (exact) mass is 153 g/mol. The minimum Gasteiger partial charge on any atom is -0.619 e. The zero-order chi connectivity index (χ0) is 8.10. The predicted molar refractivity (Wildman–Crippen MR) is 41.0 cm³/mol. The Kier molecular flexibility index (Phi) is 2.86. The van der Waals surface area contributed by atoms with Crippen molar-refractivity contribution in [3.05, 3.63) is 35.3 Å². The van der Waals surface area contributed by atoms with Crippen molar-refractivity contribution < 1.29 is 9.47 Å². The summed E-state index contributed by atoms with van der Waals surface area (Å²) in [7, 11) is 1.65. The molecule has 0 spiro atoms. The van der Waals surface area contributed by atoms with E-state index >= 15 is 0 Å².